The first kappa shape index (κ1) is 26.9. The molecule has 3 N–H and O–H groups in total. The number of benzene rings is 1. The molecule has 35 heavy (non-hydrogen) atoms. The minimum atomic E-state index is -1.41. The van der Waals surface area contributed by atoms with E-state index in [9.17, 15) is 4.39 Å². The lowest BCUT2D eigenvalue weighted by molar-refractivity contribution is 0.112. The number of H-pyrrole nitrogens is 1. The summed E-state index contributed by atoms with van der Waals surface area (Å²) in [5.74, 6) is 2.41. The number of para-hydroxylation sites is 1. The summed E-state index contributed by atoms with van der Waals surface area (Å²) in [4.78, 5) is 11.7. The van der Waals surface area contributed by atoms with E-state index in [-0.39, 0.29) is 0 Å². The average Bonchev–Trinajstić information content (AvgIpc) is 3.28. The monoisotopic (exact) mass is 485 g/mol. The molecule has 0 spiro atoms. The number of fused-ring (bicyclic) bond motifs is 2. The molecule has 3 aliphatic rings. The van der Waals surface area contributed by atoms with Crippen LogP contribution in [-0.2, 0) is 4.74 Å². The lowest BCUT2D eigenvalue weighted by Gasteiger charge is -2.14. The van der Waals surface area contributed by atoms with Gasteiger partial charge in [-0.3, -0.25) is 0 Å². The quantitative estimate of drug-likeness (QED) is 0.386. The fourth-order valence-corrected chi connectivity index (χ4v) is 4.33. The number of methoxy groups -OCH3 is 1. The smallest absolute Gasteiger partial charge is 0.200 e. The van der Waals surface area contributed by atoms with Crippen molar-refractivity contribution in [3.63, 3.8) is 0 Å². The van der Waals surface area contributed by atoms with E-state index in [0.717, 1.165) is 35.8 Å². The third-order valence-electron chi connectivity index (χ3n) is 6.24. The normalized spacial score (nSPS) is 20.9. The Morgan fingerprint density at radius 1 is 1.09 bits per heavy atom. The number of aromatic amines is 1. The molecule has 3 unspecified atom stereocenters. The largest absolute Gasteiger partial charge is 0.496 e. The highest BCUT2D eigenvalue weighted by molar-refractivity contribution is 5.88. The number of aromatic nitrogens is 3. The lowest BCUT2D eigenvalue weighted by atomic mass is 10.1. The summed E-state index contributed by atoms with van der Waals surface area (Å²) in [6.07, 6.45) is 4.25. The molecule has 2 aromatic heterocycles. The number of hydrogen-bond donors (Lipinski definition) is 3. The molecule has 3 atom stereocenters. The van der Waals surface area contributed by atoms with Gasteiger partial charge in [0, 0.05) is 36.9 Å². The zero-order valence-electron chi connectivity index (χ0n) is 21.6. The molecule has 1 aliphatic carbocycles. The average molecular weight is 486 g/mol. The van der Waals surface area contributed by atoms with Crippen LogP contribution < -0.4 is 15.4 Å². The standard InChI is InChI=1S/C17H17FN4O.C6H11NO.2C2H6/c1-23-14-5-3-2-4-11(14)15(18)22-17-12-8-13(10-6-7-10)21-16(12)19-9-20-17;1-2-8-6-4-7-3-5(1)6;2*1-2/h2-5,8-10,15H,6-7H2,1H3,(H2,19,20,21,22);5-7H,1-4H2;2*1-2H3. The van der Waals surface area contributed by atoms with Crippen molar-refractivity contribution in [3.05, 3.63) is 47.9 Å². The van der Waals surface area contributed by atoms with E-state index in [1.807, 2.05) is 39.8 Å². The molecular formula is C27H40FN5O2. The summed E-state index contributed by atoms with van der Waals surface area (Å²) in [6.45, 7) is 11.3. The van der Waals surface area contributed by atoms with Crippen molar-refractivity contribution >= 4 is 16.9 Å². The summed E-state index contributed by atoms with van der Waals surface area (Å²) in [6, 6.07) is 9.04. The second kappa shape index (κ2) is 13.4. The van der Waals surface area contributed by atoms with Crippen LogP contribution in [0.4, 0.5) is 10.2 Å². The van der Waals surface area contributed by atoms with E-state index < -0.39 is 6.30 Å². The lowest BCUT2D eigenvalue weighted by Crippen LogP contribution is -2.14. The summed E-state index contributed by atoms with van der Waals surface area (Å²) in [7, 11) is 1.53. The molecule has 2 aliphatic heterocycles. The van der Waals surface area contributed by atoms with Gasteiger partial charge in [0.25, 0.3) is 0 Å². The highest BCUT2D eigenvalue weighted by atomic mass is 19.1. The Bertz CT molecular complexity index is 1020. The summed E-state index contributed by atoms with van der Waals surface area (Å²) in [5.41, 5.74) is 2.33. The van der Waals surface area contributed by atoms with Gasteiger partial charge < -0.3 is 25.1 Å². The van der Waals surface area contributed by atoms with Crippen LogP contribution in [0.2, 0.25) is 0 Å². The van der Waals surface area contributed by atoms with Gasteiger partial charge in [0.15, 0.2) is 0 Å². The first-order valence-corrected chi connectivity index (χ1v) is 12.9. The topological polar surface area (TPSA) is 84.1 Å². The van der Waals surface area contributed by atoms with Gasteiger partial charge in [-0.2, -0.15) is 0 Å². The SMILES string of the molecule is C1CC2CNCC2O1.CC.CC.COc1ccccc1C(F)Nc1ncnc2[nH]c(C3CC3)cc12. The molecule has 0 bridgehead atoms. The molecule has 4 heterocycles. The number of hydrogen-bond acceptors (Lipinski definition) is 6. The zero-order valence-corrected chi connectivity index (χ0v) is 21.6. The summed E-state index contributed by atoms with van der Waals surface area (Å²) in [5, 5.41) is 6.94. The molecule has 1 aromatic carbocycles. The van der Waals surface area contributed by atoms with Crippen molar-refractivity contribution < 1.29 is 13.9 Å². The van der Waals surface area contributed by atoms with Crippen LogP contribution in [0, 0.1) is 5.92 Å². The van der Waals surface area contributed by atoms with Crippen molar-refractivity contribution in [3.8, 4) is 5.75 Å². The van der Waals surface area contributed by atoms with Gasteiger partial charge in [-0.1, -0.05) is 45.9 Å². The number of alkyl halides is 1. The third-order valence-corrected chi connectivity index (χ3v) is 6.24. The van der Waals surface area contributed by atoms with Gasteiger partial charge in [-0.05, 0) is 37.3 Å². The van der Waals surface area contributed by atoms with Crippen LogP contribution in [0.15, 0.2) is 36.7 Å². The van der Waals surface area contributed by atoms with E-state index in [2.05, 4.69) is 25.6 Å². The van der Waals surface area contributed by atoms with Crippen molar-refractivity contribution in [2.24, 2.45) is 5.92 Å². The van der Waals surface area contributed by atoms with Crippen molar-refractivity contribution in [1.82, 2.24) is 20.3 Å². The van der Waals surface area contributed by atoms with E-state index in [0.29, 0.717) is 29.2 Å². The highest BCUT2D eigenvalue weighted by Gasteiger charge is 2.32. The van der Waals surface area contributed by atoms with Crippen molar-refractivity contribution in [2.45, 2.75) is 65.3 Å². The van der Waals surface area contributed by atoms with E-state index in [1.165, 1.54) is 39.2 Å². The molecule has 192 valence electrons. The zero-order chi connectivity index (χ0) is 25.2. The number of halogens is 1. The molecule has 0 radical (unpaired) electrons. The van der Waals surface area contributed by atoms with E-state index in [1.54, 1.807) is 18.2 Å². The molecule has 3 aromatic rings. The van der Waals surface area contributed by atoms with Crippen LogP contribution in [0.3, 0.4) is 0 Å². The van der Waals surface area contributed by atoms with Gasteiger partial charge in [-0.25, -0.2) is 14.4 Å². The van der Waals surface area contributed by atoms with Crippen molar-refractivity contribution in [2.75, 3.05) is 32.1 Å². The highest BCUT2D eigenvalue weighted by Crippen LogP contribution is 2.41. The number of nitrogens with one attached hydrogen (secondary N) is 3. The molecule has 8 heteroatoms. The number of anilines is 1. The molecule has 0 amide bonds. The van der Waals surface area contributed by atoms with E-state index >= 15 is 0 Å². The summed E-state index contributed by atoms with van der Waals surface area (Å²) < 4.78 is 25.3. The number of nitrogens with zero attached hydrogens (tertiary/aromatic N) is 2. The Hall–Kier alpha value is -2.71. The van der Waals surface area contributed by atoms with Crippen LogP contribution in [0.25, 0.3) is 11.0 Å². The fourth-order valence-electron chi connectivity index (χ4n) is 4.33. The van der Waals surface area contributed by atoms with Crippen LogP contribution in [-0.4, -0.2) is 47.9 Å². The molecular weight excluding hydrogens is 445 g/mol. The number of rotatable bonds is 5. The fraction of sp³-hybridized carbons (Fsp3) is 0.556. The predicted molar refractivity (Wildman–Crippen MR) is 140 cm³/mol. The Morgan fingerprint density at radius 3 is 2.57 bits per heavy atom. The van der Waals surface area contributed by atoms with Gasteiger partial charge in [0.1, 0.15) is 23.5 Å². The minimum Gasteiger partial charge on any atom is -0.496 e. The Labute approximate surface area is 208 Å². The maximum atomic E-state index is 14.7. The Kier molecular flexibility index (Phi) is 10.3. The Morgan fingerprint density at radius 2 is 1.86 bits per heavy atom. The Balaban J connectivity index is 0.000000237. The van der Waals surface area contributed by atoms with Gasteiger partial charge in [0.05, 0.1) is 18.6 Å². The second-order valence-electron chi connectivity index (χ2n) is 8.35. The van der Waals surface area contributed by atoms with Crippen LogP contribution >= 0.6 is 0 Å². The van der Waals surface area contributed by atoms with Crippen LogP contribution in [0.1, 0.15) is 70.4 Å². The van der Waals surface area contributed by atoms with E-state index in [4.69, 9.17) is 9.47 Å². The first-order valence-electron chi connectivity index (χ1n) is 12.9. The molecule has 6 rings (SSSR count). The third kappa shape index (κ3) is 6.70. The maximum absolute atomic E-state index is 14.7. The van der Waals surface area contributed by atoms with Crippen molar-refractivity contribution in [1.29, 1.82) is 0 Å². The second-order valence-corrected chi connectivity index (χ2v) is 8.35. The molecule has 2 saturated heterocycles. The first-order chi connectivity index (χ1) is 17.2. The molecule has 7 nitrogen and oxygen atoms in total. The van der Waals surface area contributed by atoms with Crippen LogP contribution in [0.5, 0.6) is 5.75 Å². The minimum absolute atomic E-state index is 0.444. The molecule has 3 fully saturated rings. The maximum Gasteiger partial charge on any atom is 0.200 e. The predicted octanol–water partition coefficient (Wildman–Crippen LogP) is 5.97. The van der Waals surface area contributed by atoms with Gasteiger partial charge >= 0.3 is 0 Å². The van der Waals surface area contributed by atoms with Gasteiger partial charge in [-0.15, -0.1) is 0 Å². The summed E-state index contributed by atoms with van der Waals surface area (Å²) >= 11 is 0. The number of ether oxygens (including phenoxy) is 2. The molecule has 1 saturated carbocycles. The van der Waals surface area contributed by atoms with Gasteiger partial charge in [0.2, 0.25) is 6.30 Å².